The van der Waals surface area contributed by atoms with Crippen LogP contribution in [0.5, 0.6) is 0 Å². The summed E-state index contributed by atoms with van der Waals surface area (Å²) < 4.78 is 0. The van der Waals surface area contributed by atoms with Crippen molar-refractivity contribution in [3.8, 4) is 0 Å². The number of aromatic nitrogens is 1. The van der Waals surface area contributed by atoms with Crippen LogP contribution >= 0.6 is 0 Å². The molecule has 2 aromatic rings. The van der Waals surface area contributed by atoms with Gasteiger partial charge in [-0.3, -0.25) is 4.98 Å². The third-order valence-electron chi connectivity index (χ3n) is 3.14. The minimum Gasteiger partial charge on any atom is -0.310 e. The summed E-state index contributed by atoms with van der Waals surface area (Å²) in [6, 6.07) is 15.3. The highest BCUT2D eigenvalue weighted by molar-refractivity contribution is 5.16. The number of nitrogens with one attached hydrogen (secondary N) is 1. The quantitative estimate of drug-likeness (QED) is 0.838. The van der Waals surface area contributed by atoms with E-state index >= 15 is 0 Å². The largest absolute Gasteiger partial charge is 0.310 e. The Hall–Kier alpha value is -1.67. The molecule has 0 saturated carbocycles. The van der Waals surface area contributed by atoms with Gasteiger partial charge in [0, 0.05) is 25.0 Å². The highest BCUT2D eigenvalue weighted by Crippen LogP contribution is 2.06. The zero-order valence-electron chi connectivity index (χ0n) is 10.8. The fourth-order valence-electron chi connectivity index (χ4n) is 2.02. The standard InChI is InChI=1S/C16H20N2/c1-2-16(11-14-7-4-3-5-8-14)18-13-15-9-6-10-17-12-15/h3-10,12,16,18H,2,11,13H2,1H3. The molecule has 0 aliphatic carbocycles. The van der Waals surface area contributed by atoms with Crippen molar-refractivity contribution < 1.29 is 0 Å². The third kappa shape index (κ3) is 3.97. The van der Waals surface area contributed by atoms with Crippen molar-refractivity contribution in [1.82, 2.24) is 10.3 Å². The van der Waals surface area contributed by atoms with Gasteiger partial charge in [0.15, 0.2) is 0 Å². The first-order valence-corrected chi connectivity index (χ1v) is 6.54. The molecule has 0 amide bonds. The van der Waals surface area contributed by atoms with Gasteiger partial charge in [0.25, 0.3) is 0 Å². The summed E-state index contributed by atoms with van der Waals surface area (Å²) in [5.41, 5.74) is 2.63. The molecule has 1 heterocycles. The van der Waals surface area contributed by atoms with Crippen molar-refractivity contribution >= 4 is 0 Å². The molecule has 0 fully saturated rings. The van der Waals surface area contributed by atoms with Crippen LogP contribution in [-0.4, -0.2) is 11.0 Å². The van der Waals surface area contributed by atoms with Crippen LogP contribution in [0.15, 0.2) is 54.9 Å². The molecule has 2 rings (SSSR count). The van der Waals surface area contributed by atoms with Crippen LogP contribution in [0.4, 0.5) is 0 Å². The van der Waals surface area contributed by atoms with Gasteiger partial charge in [-0.25, -0.2) is 0 Å². The summed E-state index contributed by atoms with van der Waals surface area (Å²) in [6.45, 7) is 3.11. The predicted octanol–water partition coefficient (Wildman–Crippen LogP) is 3.19. The first-order chi connectivity index (χ1) is 8.88. The summed E-state index contributed by atoms with van der Waals surface area (Å²) in [5.74, 6) is 0. The Bertz CT molecular complexity index is 439. The van der Waals surface area contributed by atoms with Crippen molar-refractivity contribution in [3.05, 3.63) is 66.0 Å². The highest BCUT2D eigenvalue weighted by atomic mass is 14.9. The Morgan fingerprint density at radius 2 is 1.83 bits per heavy atom. The Balaban J connectivity index is 1.86. The fraction of sp³-hybridized carbons (Fsp3) is 0.312. The Kier molecular flexibility index (Phi) is 4.91. The van der Waals surface area contributed by atoms with Crippen molar-refractivity contribution in [1.29, 1.82) is 0 Å². The predicted molar refractivity (Wildman–Crippen MR) is 75.3 cm³/mol. The smallest absolute Gasteiger partial charge is 0.0312 e. The lowest BCUT2D eigenvalue weighted by molar-refractivity contribution is 0.494. The van der Waals surface area contributed by atoms with Gasteiger partial charge in [-0.2, -0.15) is 0 Å². The average molecular weight is 240 g/mol. The van der Waals surface area contributed by atoms with Crippen LogP contribution in [0.2, 0.25) is 0 Å². The number of benzene rings is 1. The molecule has 0 aliphatic rings. The molecule has 0 aliphatic heterocycles. The first-order valence-electron chi connectivity index (χ1n) is 6.54. The monoisotopic (exact) mass is 240 g/mol. The maximum absolute atomic E-state index is 4.13. The van der Waals surface area contributed by atoms with Gasteiger partial charge in [0.05, 0.1) is 0 Å². The number of pyridine rings is 1. The second kappa shape index (κ2) is 6.92. The summed E-state index contributed by atoms with van der Waals surface area (Å²) in [5, 5.41) is 3.59. The number of rotatable bonds is 6. The molecule has 2 heteroatoms. The fourth-order valence-corrected chi connectivity index (χ4v) is 2.02. The molecule has 1 aromatic heterocycles. The van der Waals surface area contributed by atoms with E-state index in [1.54, 1.807) is 0 Å². The lowest BCUT2D eigenvalue weighted by Crippen LogP contribution is -2.30. The van der Waals surface area contributed by atoms with E-state index in [-0.39, 0.29) is 0 Å². The molecular formula is C16H20N2. The molecule has 0 saturated heterocycles. The second-order valence-electron chi connectivity index (χ2n) is 4.54. The summed E-state index contributed by atoms with van der Waals surface area (Å²) in [4.78, 5) is 4.13. The molecule has 0 spiro atoms. The molecular weight excluding hydrogens is 220 g/mol. The van der Waals surface area contributed by atoms with E-state index in [4.69, 9.17) is 0 Å². The Morgan fingerprint density at radius 1 is 1.06 bits per heavy atom. The minimum atomic E-state index is 0.521. The molecule has 1 N–H and O–H groups in total. The van der Waals surface area contributed by atoms with Gasteiger partial charge in [-0.1, -0.05) is 43.3 Å². The molecule has 0 bridgehead atoms. The van der Waals surface area contributed by atoms with Crippen LogP contribution in [0.3, 0.4) is 0 Å². The first kappa shape index (κ1) is 12.8. The molecule has 2 nitrogen and oxygen atoms in total. The van der Waals surface area contributed by atoms with E-state index in [0.29, 0.717) is 6.04 Å². The van der Waals surface area contributed by atoms with Gasteiger partial charge in [-0.15, -0.1) is 0 Å². The average Bonchev–Trinajstić information content (AvgIpc) is 2.45. The second-order valence-corrected chi connectivity index (χ2v) is 4.54. The lowest BCUT2D eigenvalue weighted by Gasteiger charge is -2.17. The van der Waals surface area contributed by atoms with Crippen LogP contribution < -0.4 is 5.32 Å². The van der Waals surface area contributed by atoms with E-state index < -0.39 is 0 Å². The van der Waals surface area contributed by atoms with Gasteiger partial charge < -0.3 is 5.32 Å². The topological polar surface area (TPSA) is 24.9 Å². The molecule has 1 unspecified atom stereocenters. The Morgan fingerprint density at radius 3 is 2.50 bits per heavy atom. The van der Waals surface area contributed by atoms with E-state index in [0.717, 1.165) is 19.4 Å². The van der Waals surface area contributed by atoms with Crippen molar-refractivity contribution in [2.24, 2.45) is 0 Å². The Labute approximate surface area is 109 Å². The van der Waals surface area contributed by atoms with E-state index in [2.05, 4.69) is 53.6 Å². The van der Waals surface area contributed by atoms with Gasteiger partial charge in [-0.05, 0) is 30.0 Å². The van der Waals surface area contributed by atoms with E-state index in [9.17, 15) is 0 Å². The number of hydrogen-bond acceptors (Lipinski definition) is 2. The number of hydrogen-bond donors (Lipinski definition) is 1. The van der Waals surface area contributed by atoms with E-state index in [1.165, 1.54) is 11.1 Å². The molecule has 0 radical (unpaired) electrons. The number of nitrogens with zero attached hydrogens (tertiary/aromatic N) is 1. The summed E-state index contributed by atoms with van der Waals surface area (Å²) in [7, 11) is 0. The molecule has 1 atom stereocenters. The highest BCUT2D eigenvalue weighted by Gasteiger charge is 2.06. The maximum atomic E-state index is 4.13. The maximum Gasteiger partial charge on any atom is 0.0312 e. The van der Waals surface area contributed by atoms with Crippen molar-refractivity contribution in [3.63, 3.8) is 0 Å². The van der Waals surface area contributed by atoms with Crippen LogP contribution in [0, 0.1) is 0 Å². The molecule has 18 heavy (non-hydrogen) atoms. The zero-order valence-corrected chi connectivity index (χ0v) is 10.8. The molecule has 94 valence electrons. The van der Waals surface area contributed by atoms with Crippen LogP contribution in [0.1, 0.15) is 24.5 Å². The molecule has 1 aromatic carbocycles. The van der Waals surface area contributed by atoms with Crippen molar-refractivity contribution in [2.75, 3.05) is 0 Å². The summed E-state index contributed by atoms with van der Waals surface area (Å²) in [6.07, 6.45) is 5.94. The lowest BCUT2D eigenvalue weighted by atomic mass is 10.0. The third-order valence-corrected chi connectivity index (χ3v) is 3.14. The van der Waals surface area contributed by atoms with Crippen LogP contribution in [-0.2, 0) is 13.0 Å². The van der Waals surface area contributed by atoms with E-state index in [1.807, 2.05) is 18.5 Å². The van der Waals surface area contributed by atoms with Gasteiger partial charge in [0.1, 0.15) is 0 Å². The SMILES string of the molecule is CCC(Cc1ccccc1)NCc1cccnc1. The zero-order chi connectivity index (χ0) is 12.6. The van der Waals surface area contributed by atoms with Crippen LogP contribution in [0.25, 0.3) is 0 Å². The normalized spacial score (nSPS) is 12.3. The summed E-state index contributed by atoms with van der Waals surface area (Å²) >= 11 is 0. The van der Waals surface area contributed by atoms with Gasteiger partial charge >= 0.3 is 0 Å². The minimum absolute atomic E-state index is 0.521. The van der Waals surface area contributed by atoms with Gasteiger partial charge in [0.2, 0.25) is 0 Å². The van der Waals surface area contributed by atoms with Crippen molar-refractivity contribution in [2.45, 2.75) is 32.4 Å².